The normalized spacial score (nSPS) is 13.0. The molecule has 0 aliphatic heterocycles. The van der Waals surface area contributed by atoms with Gasteiger partial charge in [-0.2, -0.15) is 0 Å². The Balaban J connectivity index is 1.83. The number of para-hydroxylation sites is 1. The number of benzene rings is 1. The van der Waals surface area contributed by atoms with E-state index in [0.717, 1.165) is 15.2 Å². The van der Waals surface area contributed by atoms with Crippen LogP contribution in [0.15, 0.2) is 30.5 Å². The summed E-state index contributed by atoms with van der Waals surface area (Å²) in [4.78, 5) is 4.49. The maximum atomic E-state index is 10.1. The lowest BCUT2D eigenvalue weighted by Crippen LogP contribution is -2.01. The second kappa shape index (κ2) is 4.47. The highest BCUT2D eigenvalue weighted by atomic mass is 32.1. The van der Waals surface area contributed by atoms with Crippen LogP contribution in [0.5, 0.6) is 0 Å². The highest BCUT2D eigenvalue weighted by molar-refractivity contribution is 7.18. The summed E-state index contributed by atoms with van der Waals surface area (Å²) in [6, 6.07) is 7.96. The fraction of sp³-hybridized carbons (Fsp3) is 0.250. The SMILES string of the molecule is Cn1cc(C(O)Cc2nc3ccccc3s2)nn1. The molecule has 0 amide bonds. The largest absolute Gasteiger partial charge is 0.386 e. The number of thiazole rings is 1. The van der Waals surface area contributed by atoms with Crippen LogP contribution in [-0.4, -0.2) is 25.1 Å². The predicted octanol–water partition coefficient (Wildman–Crippen LogP) is 1.70. The highest BCUT2D eigenvalue weighted by Gasteiger charge is 2.14. The molecule has 5 nitrogen and oxygen atoms in total. The molecule has 92 valence electrons. The second-order valence-corrected chi connectivity index (χ2v) is 5.23. The third kappa shape index (κ3) is 2.12. The second-order valence-electron chi connectivity index (χ2n) is 4.11. The molecule has 3 rings (SSSR count). The van der Waals surface area contributed by atoms with E-state index in [1.54, 1.807) is 29.3 Å². The van der Waals surface area contributed by atoms with Gasteiger partial charge in [0.2, 0.25) is 0 Å². The van der Waals surface area contributed by atoms with Crippen molar-refractivity contribution in [3.8, 4) is 0 Å². The lowest BCUT2D eigenvalue weighted by molar-refractivity contribution is 0.173. The zero-order valence-corrected chi connectivity index (χ0v) is 10.6. The van der Waals surface area contributed by atoms with Crippen molar-refractivity contribution in [3.63, 3.8) is 0 Å². The van der Waals surface area contributed by atoms with Gasteiger partial charge in [-0.15, -0.1) is 16.4 Å². The molecule has 0 saturated carbocycles. The van der Waals surface area contributed by atoms with Crippen LogP contribution in [0.1, 0.15) is 16.8 Å². The highest BCUT2D eigenvalue weighted by Crippen LogP contribution is 2.25. The molecule has 0 aliphatic rings. The monoisotopic (exact) mass is 260 g/mol. The van der Waals surface area contributed by atoms with E-state index in [1.807, 2.05) is 24.3 Å². The first kappa shape index (κ1) is 11.3. The molecule has 0 spiro atoms. The van der Waals surface area contributed by atoms with Gasteiger partial charge in [-0.1, -0.05) is 17.3 Å². The van der Waals surface area contributed by atoms with Crippen molar-refractivity contribution in [2.75, 3.05) is 0 Å². The molecule has 18 heavy (non-hydrogen) atoms. The molecule has 1 unspecified atom stereocenters. The number of hydrogen-bond donors (Lipinski definition) is 1. The van der Waals surface area contributed by atoms with Crippen molar-refractivity contribution in [2.24, 2.45) is 7.05 Å². The van der Waals surface area contributed by atoms with E-state index in [2.05, 4.69) is 15.3 Å². The lowest BCUT2D eigenvalue weighted by Gasteiger charge is -2.03. The fourth-order valence-corrected chi connectivity index (χ4v) is 2.80. The molecule has 0 aliphatic carbocycles. The summed E-state index contributed by atoms with van der Waals surface area (Å²) in [5.41, 5.74) is 1.56. The van der Waals surface area contributed by atoms with Crippen molar-refractivity contribution in [1.82, 2.24) is 20.0 Å². The predicted molar refractivity (Wildman–Crippen MR) is 69.3 cm³/mol. The van der Waals surface area contributed by atoms with E-state index < -0.39 is 6.10 Å². The third-order valence-electron chi connectivity index (χ3n) is 2.67. The smallest absolute Gasteiger partial charge is 0.112 e. The number of aliphatic hydroxyl groups excluding tert-OH is 1. The Labute approximate surface area is 108 Å². The zero-order valence-electron chi connectivity index (χ0n) is 9.82. The van der Waals surface area contributed by atoms with Crippen LogP contribution < -0.4 is 0 Å². The number of aryl methyl sites for hydroxylation is 1. The summed E-state index contributed by atoms with van der Waals surface area (Å²) in [5.74, 6) is 0. The molecule has 0 bridgehead atoms. The van der Waals surface area contributed by atoms with Gasteiger partial charge >= 0.3 is 0 Å². The van der Waals surface area contributed by atoms with Crippen molar-refractivity contribution >= 4 is 21.6 Å². The van der Waals surface area contributed by atoms with E-state index in [9.17, 15) is 5.11 Å². The van der Waals surface area contributed by atoms with Gasteiger partial charge in [0, 0.05) is 13.5 Å². The van der Waals surface area contributed by atoms with Crippen molar-refractivity contribution in [3.05, 3.63) is 41.2 Å². The Hall–Kier alpha value is -1.79. The maximum Gasteiger partial charge on any atom is 0.112 e. The summed E-state index contributed by atoms with van der Waals surface area (Å²) in [6.07, 6.45) is 1.54. The minimum Gasteiger partial charge on any atom is -0.386 e. The van der Waals surface area contributed by atoms with Gasteiger partial charge in [-0.3, -0.25) is 4.68 Å². The number of fused-ring (bicyclic) bond motifs is 1. The molecule has 6 heteroatoms. The van der Waals surface area contributed by atoms with Gasteiger partial charge in [0.25, 0.3) is 0 Å². The standard InChI is InChI=1S/C12H12N4OS/c1-16-7-9(14-15-16)10(17)6-12-13-8-4-2-3-5-11(8)18-12/h2-5,7,10,17H,6H2,1H3. The van der Waals surface area contributed by atoms with Gasteiger partial charge in [0.05, 0.1) is 21.4 Å². The molecule has 0 radical (unpaired) electrons. The first-order valence-electron chi connectivity index (χ1n) is 5.61. The molecule has 1 N–H and O–H groups in total. The van der Waals surface area contributed by atoms with Gasteiger partial charge in [0.1, 0.15) is 11.8 Å². The summed E-state index contributed by atoms with van der Waals surface area (Å²) in [7, 11) is 1.78. The van der Waals surface area contributed by atoms with Crippen molar-refractivity contribution < 1.29 is 5.11 Å². The molecule has 1 aromatic carbocycles. The Morgan fingerprint density at radius 1 is 1.39 bits per heavy atom. The van der Waals surface area contributed by atoms with Crippen LogP contribution in [-0.2, 0) is 13.5 Å². The average Bonchev–Trinajstić information content (AvgIpc) is 2.94. The summed E-state index contributed by atoms with van der Waals surface area (Å²) in [6.45, 7) is 0. The van der Waals surface area contributed by atoms with Gasteiger partial charge in [-0.25, -0.2) is 4.98 Å². The minimum absolute atomic E-state index is 0.470. The minimum atomic E-state index is -0.653. The number of hydrogen-bond acceptors (Lipinski definition) is 5. The quantitative estimate of drug-likeness (QED) is 0.778. The molecule has 3 aromatic rings. The maximum absolute atomic E-state index is 10.1. The van der Waals surface area contributed by atoms with E-state index in [0.29, 0.717) is 12.1 Å². The van der Waals surface area contributed by atoms with E-state index in [1.165, 1.54) is 0 Å². The molecule has 1 atom stereocenters. The van der Waals surface area contributed by atoms with Crippen molar-refractivity contribution in [2.45, 2.75) is 12.5 Å². The number of aliphatic hydroxyl groups is 1. The number of rotatable bonds is 3. The van der Waals surface area contributed by atoms with Crippen LogP contribution in [0.2, 0.25) is 0 Å². The van der Waals surface area contributed by atoms with E-state index in [-0.39, 0.29) is 0 Å². The van der Waals surface area contributed by atoms with Crippen LogP contribution in [0.4, 0.5) is 0 Å². The van der Waals surface area contributed by atoms with Crippen LogP contribution in [0, 0.1) is 0 Å². The van der Waals surface area contributed by atoms with Gasteiger partial charge < -0.3 is 5.11 Å². The van der Waals surface area contributed by atoms with Crippen LogP contribution in [0.25, 0.3) is 10.2 Å². The van der Waals surface area contributed by atoms with E-state index >= 15 is 0 Å². The molecule has 2 heterocycles. The molecule has 2 aromatic heterocycles. The van der Waals surface area contributed by atoms with Crippen LogP contribution in [0.3, 0.4) is 0 Å². The summed E-state index contributed by atoms with van der Waals surface area (Å²) < 4.78 is 2.72. The lowest BCUT2D eigenvalue weighted by atomic mass is 10.2. The molecule has 0 fully saturated rings. The van der Waals surface area contributed by atoms with Gasteiger partial charge in [-0.05, 0) is 12.1 Å². The summed E-state index contributed by atoms with van der Waals surface area (Å²) in [5, 5.41) is 18.7. The van der Waals surface area contributed by atoms with E-state index in [4.69, 9.17) is 0 Å². The molecule has 0 saturated heterocycles. The van der Waals surface area contributed by atoms with Gasteiger partial charge in [0.15, 0.2) is 0 Å². The first-order valence-corrected chi connectivity index (χ1v) is 6.43. The Bertz CT molecular complexity index is 642. The number of nitrogens with zero attached hydrogens (tertiary/aromatic N) is 4. The Kier molecular flexibility index (Phi) is 2.81. The Morgan fingerprint density at radius 2 is 2.22 bits per heavy atom. The third-order valence-corrected chi connectivity index (χ3v) is 3.73. The first-order chi connectivity index (χ1) is 8.72. The van der Waals surface area contributed by atoms with Crippen molar-refractivity contribution in [1.29, 1.82) is 0 Å². The fourth-order valence-electron chi connectivity index (χ4n) is 1.80. The van der Waals surface area contributed by atoms with Crippen LogP contribution >= 0.6 is 11.3 Å². The Morgan fingerprint density at radius 3 is 2.94 bits per heavy atom. The number of aromatic nitrogens is 4. The molecular weight excluding hydrogens is 248 g/mol. The summed E-state index contributed by atoms with van der Waals surface area (Å²) >= 11 is 1.60. The average molecular weight is 260 g/mol. The molecular formula is C12H12N4OS. The topological polar surface area (TPSA) is 63.8 Å². The zero-order chi connectivity index (χ0) is 12.5.